The van der Waals surface area contributed by atoms with E-state index in [9.17, 15) is 13.2 Å². The van der Waals surface area contributed by atoms with E-state index in [1.165, 1.54) is 6.07 Å². The molecule has 0 fully saturated rings. The van der Waals surface area contributed by atoms with Crippen LogP contribution in [0, 0.1) is 6.92 Å². The molecule has 0 saturated heterocycles. The van der Waals surface area contributed by atoms with Crippen molar-refractivity contribution >= 4 is 29.1 Å². The van der Waals surface area contributed by atoms with Gasteiger partial charge in [0.05, 0.1) is 10.8 Å². The van der Waals surface area contributed by atoms with Crippen LogP contribution in [0.2, 0.25) is 5.02 Å². The van der Waals surface area contributed by atoms with Gasteiger partial charge in [0.2, 0.25) is 0 Å². The van der Waals surface area contributed by atoms with Crippen molar-refractivity contribution in [1.29, 1.82) is 0 Å². The molecule has 0 atom stereocenters. The average Bonchev–Trinajstić information content (AvgIpc) is 1.99. The predicted molar refractivity (Wildman–Crippen MR) is 57.4 cm³/mol. The molecule has 84 valence electrons. The minimum absolute atomic E-state index is 0.266. The van der Waals surface area contributed by atoms with E-state index in [-0.39, 0.29) is 5.02 Å². The molecule has 1 aromatic carbocycles. The number of benzene rings is 1. The molecular formula is C9H9ClF3NS. The van der Waals surface area contributed by atoms with Gasteiger partial charge in [0.1, 0.15) is 0 Å². The van der Waals surface area contributed by atoms with Crippen molar-refractivity contribution < 1.29 is 13.2 Å². The molecule has 6 heteroatoms. The first kappa shape index (κ1) is 12.5. The summed E-state index contributed by atoms with van der Waals surface area (Å²) in [6, 6.07) is 3.05. The summed E-state index contributed by atoms with van der Waals surface area (Å²) in [5, 5.41) is 0.266. The van der Waals surface area contributed by atoms with Crippen molar-refractivity contribution in [3.63, 3.8) is 0 Å². The van der Waals surface area contributed by atoms with E-state index in [4.69, 9.17) is 17.3 Å². The Morgan fingerprint density at radius 3 is 2.47 bits per heavy atom. The third-order valence-corrected chi connectivity index (χ3v) is 3.34. The van der Waals surface area contributed by atoms with E-state index >= 15 is 0 Å². The van der Waals surface area contributed by atoms with E-state index in [0.717, 1.165) is 0 Å². The van der Waals surface area contributed by atoms with E-state index in [1.807, 2.05) is 0 Å². The summed E-state index contributed by atoms with van der Waals surface area (Å²) in [5.41, 5.74) is 6.61. The second-order valence-electron chi connectivity index (χ2n) is 3.05. The van der Waals surface area contributed by atoms with Crippen molar-refractivity contribution in [1.82, 2.24) is 0 Å². The molecule has 1 aromatic rings. The summed E-state index contributed by atoms with van der Waals surface area (Å²) in [7, 11) is 0. The van der Waals surface area contributed by atoms with Crippen molar-refractivity contribution in [2.75, 3.05) is 11.5 Å². The first-order valence-electron chi connectivity index (χ1n) is 4.05. The van der Waals surface area contributed by atoms with Gasteiger partial charge < -0.3 is 5.73 Å². The smallest absolute Gasteiger partial charge is 0.398 e. The molecule has 0 radical (unpaired) electrons. The molecule has 1 nitrogen and oxygen atoms in total. The standard InChI is InChI=1S/C9H9ClF3NS/c1-5-2-6(14)3-7(10)8(5)15-4-9(11,12)13/h2-3H,4,14H2,1H3. The second kappa shape index (κ2) is 4.53. The number of alkyl halides is 3. The van der Waals surface area contributed by atoms with Gasteiger partial charge in [-0.25, -0.2) is 0 Å². The Balaban J connectivity index is 2.86. The number of rotatable bonds is 2. The number of thioether (sulfide) groups is 1. The number of hydrogen-bond donors (Lipinski definition) is 1. The highest BCUT2D eigenvalue weighted by molar-refractivity contribution is 7.99. The third-order valence-electron chi connectivity index (χ3n) is 1.63. The molecule has 0 aliphatic carbocycles. The van der Waals surface area contributed by atoms with Crippen LogP contribution in [0.4, 0.5) is 18.9 Å². The van der Waals surface area contributed by atoms with Gasteiger partial charge in [-0.2, -0.15) is 13.2 Å². The van der Waals surface area contributed by atoms with Gasteiger partial charge in [-0.15, -0.1) is 11.8 Å². The van der Waals surface area contributed by atoms with Gasteiger partial charge in [-0.05, 0) is 24.6 Å². The SMILES string of the molecule is Cc1cc(N)cc(Cl)c1SCC(F)(F)F. The lowest BCUT2D eigenvalue weighted by Gasteiger charge is -2.10. The summed E-state index contributed by atoms with van der Waals surface area (Å²) < 4.78 is 36.0. The zero-order valence-electron chi connectivity index (χ0n) is 7.86. The molecule has 0 unspecified atom stereocenters. The van der Waals surface area contributed by atoms with Crippen LogP contribution < -0.4 is 5.73 Å². The quantitative estimate of drug-likeness (QED) is 0.641. The Labute approximate surface area is 94.8 Å². The van der Waals surface area contributed by atoms with Crippen LogP contribution >= 0.6 is 23.4 Å². The van der Waals surface area contributed by atoms with Crippen molar-refractivity contribution in [2.24, 2.45) is 0 Å². The van der Waals surface area contributed by atoms with Crippen LogP contribution in [0.3, 0.4) is 0 Å². The predicted octanol–water partition coefficient (Wildman–Crippen LogP) is 3.89. The molecule has 0 amide bonds. The Morgan fingerprint density at radius 2 is 2.00 bits per heavy atom. The lowest BCUT2D eigenvalue weighted by Crippen LogP contribution is -2.10. The number of anilines is 1. The van der Waals surface area contributed by atoms with E-state index in [2.05, 4.69) is 0 Å². The van der Waals surface area contributed by atoms with Crippen LogP contribution in [-0.4, -0.2) is 11.9 Å². The van der Waals surface area contributed by atoms with Crippen LogP contribution in [0.5, 0.6) is 0 Å². The molecule has 2 N–H and O–H groups in total. The number of aryl methyl sites for hydroxylation is 1. The van der Waals surface area contributed by atoms with Crippen molar-refractivity contribution in [3.8, 4) is 0 Å². The summed E-state index contributed by atoms with van der Waals surface area (Å²) >= 11 is 6.47. The largest absolute Gasteiger partial charge is 0.399 e. The lowest BCUT2D eigenvalue weighted by atomic mass is 10.2. The van der Waals surface area contributed by atoms with E-state index in [1.54, 1.807) is 13.0 Å². The minimum atomic E-state index is -4.19. The van der Waals surface area contributed by atoms with Crippen molar-refractivity contribution in [2.45, 2.75) is 18.0 Å². The summed E-state index contributed by atoms with van der Waals surface area (Å²) in [4.78, 5) is 0.434. The fourth-order valence-corrected chi connectivity index (χ4v) is 2.32. The maximum absolute atomic E-state index is 12.0. The molecule has 0 aliphatic rings. The minimum Gasteiger partial charge on any atom is -0.399 e. The Morgan fingerprint density at radius 1 is 1.40 bits per heavy atom. The van der Waals surface area contributed by atoms with Crippen LogP contribution in [-0.2, 0) is 0 Å². The topological polar surface area (TPSA) is 26.0 Å². The van der Waals surface area contributed by atoms with Gasteiger partial charge in [0.25, 0.3) is 0 Å². The fourth-order valence-electron chi connectivity index (χ4n) is 1.09. The highest BCUT2D eigenvalue weighted by atomic mass is 35.5. The van der Waals surface area contributed by atoms with Crippen LogP contribution in [0.15, 0.2) is 17.0 Å². The average molecular weight is 256 g/mol. The van der Waals surface area contributed by atoms with E-state index in [0.29, 0.717) is 27.9 Å². The highest BCUT2D eigenvalue weighted by Gasteiger charge is 2.28. The fraction of sp³-hybridized carbons (Fsp3) is 0.333. The van der Waals surface area contributed by atoms with Gasteiger partial charge in [-0.3, -0.25) is 0 Å². The second-order valence-corrected chi connectivity index (χ2v) is 4.45. The summed E-state index contributed by atoms with van der Waals surface area (Å²) in [6.45, 7) is 1.68. The van der Waals surface area contributed by atoms with Crippen LogP contribution in [0.25, 0.3) is 0 Å². The summed E-state index contributed by atoms with van der Waals surface area (Å²) in [5.74, 6) is -0.947. The third kappa shape index (κ3) is 3.83. The molecule has 0 aromatic heterocycles. The first-order chi connectivity index (χ1) is 6.79. The van der Waals surface area contributed by atoms with Gasteiger partial charge >= 0.3 is 6.18 Å². The van der Waals surface area contributed by atoms with Gasteiger partial charge in [-0.1, -0.05) is 11.6 Å². The molecule has 0 spiro atoms. The maximum Gasteiger partial charge on any atom is 0.398 e. The Kier molecular flexibility index (Phi) is 3.78. The number of nitrogens with two attached hydrogens (primary N) is 1. The van der Waals surface area contributed by atoms with Gasteiger partial charge in [0.15, 0.2) is 0 Å². The van der Waals surface area contributed by atoms with Crippen LogP contribution in [0.1, 0.15) is 5.56 Å². The number of nitrogen functional groups attached to an aromatic ring is 1. The molecular weight excluding hydrogens is 247 g/mol. The molecule has 1 rings (SSSR count). The zero-order chi connectivity index (χ0) is 11.6. The van der Waals surface area contributed by atoms with Crippen molar-refractivity contribution in [3.05, 3.63) is 22.7 Å². The van der Waals surface area contributed by atoms with E-state index < -0.39 is 11.9 Å². The zero-order valence-corrected chi connectivity index (χ0v) is 9.43. The maximum atomic E-state index is 12.0. The summed E-state index contributed by atoms with van der Waals surface area (Å²) in [6.07, 6.45) is -4.19. The molecule has 0 saturated carbocycles. The first-order valence-corrected chi connectivity index (χ1v) is 5.41. The number of hydrogen-bond acceptors (Lipinski definition) is 2. The monoisotopic (exact) mass is 255 g/mol. The normalized spacial score (nSPS) is 11.8. The molecule has 0 heterocycles. The molecule has 15 heavy (non-hydrogen) atoms. The lowest BCUT2D eigenvalue weighted by molar-refractivity contribution is -0.105. The molecule has 0 bridgehead atoms. The molecule has 0 aliphatic heterocycles. The Bertz CT molecular complexity index is 342. The Hall–Kier alpha value is -0.550. The van der Waals surface area contributed by atoms with Gasteiger partial charge in [0, 0.05) is 10.6 Å². The number of halogens is 4. The highest BCUT2D eigenvalue weighted by Crippen LogP contribution is 2.35.